The number of hydrogen-bond donors (Lipinski definition) is 1. The van der Waals surface area contributed by atoms with Gasteiger partial charge in [-0.2, -0.15) is 0 Å². The summed E-state index contributed by atoms with van der Waals surface area (Å²) >= 11 is 12.3. The maximum Gasteiger partial charge on any atom is 0.257 e. The summed E-state index contributed by atoms with van der Waals surface area (Å²) in [6.45, 7) is 0.439. The molecule has 1 N–H and O–H groups in total. The zero-order valence-electron chi connectivity index (χ0n) is 20.8. The average molecular weight is 567 g/mol. The summed E-state index contributed by atoms with van der Waals surface area (Å²) in [5.74, 6) is -1.49. The Kier molecular flexibility index (Phi) is 8.26. The number of carbonyl (C=O) groups excluding carboxylic acids is 2. The van der Waals surface area contributed by atoms with Crippen LogP contribution < -0.4 is 5.32 Å². The van der Waals surface area contributed by atoms with E-state index in [0.717, 1.165) is 18.4 Å². The summed E-state index contributed by atoms with van der Waals surface area (Å²) in [4.78, 5) is 32.6. The van der Waals surface area contributed by atoms with E-state index in [0.29, 0.717) is 28.0 Å². The Morgan fingerprint density at radius 3 is 2.56 bits per heavy atom. The van der Waals surface area contributed by atoms with Crippen molar-refractivity contribution in [2.24, 2.45) is 0 Å². The minimum Gasteiger partial charge on any atom is -0.376 e. The Hall–Kier alpha value is -3.72. The topological polar surface area (TPSA) is 76.5 Å². The molecule has 3 aromatic carbocycles. The number of anilines is 1. The number of hydrogen-bond acceptors (Lipinski definition) is 4. The van der Waals surface area contributed by atoms with Crippen LogP contribution in [0.25, 0.3) is 16.9 Å². The highest BCUT2D eigenvalue weighted by Gasteiger charge is 2.27. The first kappa shape index (κ1) is 26.9. The van der Waals surface area contributed by atoms with Crippen molar-refractivity contribution in [3.05, 3.63) is 100 Å². The number of nitrogens with zero attached hydrogens (tertiary/aromatic N) is 3. The monoisotopic (exact) mass is 566 g/mol. The quantitative estimate of drug-likeness (QED) is 0.273. The summed E-state index contributed by atoms with van der Waals surface area (Å²) in [6.07, 6.45) is 3.17. The molecule has 1 saturated heterocycles. The van der Waals surface area contributed by atoms with Gasteiger partial charge in [0.05, 0.1) is 17.4 Å². The van der Waals surface area contributed by atoms with Crippen molar-refractivity contribution in [2.75, 3.05) is 25.0 Å². The molecule has 7 nitrogen and oxygen atoms in total. The molecular formula is C29H25Cl2FN4O3. The normalized spacial score (nSPS) is 14.8. The van der Waals surface area contributed by atoms with Gasteiger partial charge in [0.1, 0.15) is 12.4 Å². The molecule has 10 heteroatoms. The second kappa shape index (κ2) is 12.0. The highest BCUT2D eigenvalue weighted by Crippen LogP contribution is 2.27. The molecule has 200 valence electrons. The van der Waals surface area contributed by atoms with Crippen LogP contribution in [0, 0.1) is 5.82 Å². The number of nitrogens with one attached hydrogen (secondary N) is 1. The van der Waals surface area contributed by atoms with Gasteiger partial charge in [-0.15, -0.1) is 0 Å². The molecule has 5 rings (SSSR count). The number of aromatic nitrogens is 2. The lowest BCUT2D eigenvalue weighted by Crippen LogP contribution is -2.42. The van der Waals surface area contributed by atoms with Gasteiger partial charge in [0.25, 0.3) is 5.91 Å². The minimum absolute atomic E-state index is 0.103. The van der Waals surface area contributed by atoms with E-state index in [9.17, 15) is 14.0 Å². The highest BCUT2D eigenvalue weighted by molar-refractivity contribution is 6.31. The third-order valence-electron chi connectivity index (χ3n) is 6.36. The molecular weight excluding hydrogens is 542 g/mol. The van der Waals surface area contributed by atoms with E-state index in [1.165, 1.54) is 23.1 Å². The Labute approximate surface area is 235 Å². The van der Waals surface area contributed by atoms with Gasteiger partial charge < -0.3 is 9.64 Å². The standard InChI is InChI=1S/C29H25Cl2FN4O3/c30-20-12-10-19(11-13-20)26-17-36(22-6-3-5-21(31)15-22)29(33-26)34-27(37)18-35(16-23-7-4-14-39-23)28(38)24-8-1-2-9-25(24)32/h1-3,5-6,8-13,15,17,23H,4,7,14,16,18H2,(H,33,34,37)/t23-/m1/s1. The molecule has 2 amide bonds. The van der Waals surface area contributed by atoms with Crippen molar-refractivity contribution in [2.45, 2.75) is 18.9 Å². The Morgan fingerprint density at radius 1 is 1.05 bits per heavy atom. The van der Waals surface area contributed by atoms with Crippen LogP contribution in [0.5, 0.6) is 0 Å². The summed E-state index contributed by atoms with van der Waals surface area (Å²) in [5, 5.41) is 3.93. The molecule has 0 aliphatic carbocycles. The summed E-state index contributed by atoms with van der Waals surface area (Å²) in [7, 11) is 0. The molecule has 1 aliphatic heterocycles. The molecule has 1 aromatic heterocycles. The van der Waals surface area contributed by atoms with Crippen molar-refractivity contribution >= 4 is 41.0 Å². The van der Waals surface area contributed by atoms with Crippen LogP contribution in [0.4, 0.5) is 10.3 Å². The zero-order valence-corrected chi connectivity index (χ0v) is 22.3. The van der Waals surface area contributed by atoms with Gasteiger partial charge in [-0.3, -0.25) is 19.5 Å². The molecule has 39 heavy (non-hydrogen) atoms. The smallest absolute Gasteiger partial charge is 0.257 e. The molecule has 1 fully saturated rings. The fraction of sp³-hybridized carbons (Fsp3) is 0.207. The number of ether oxygens (including phenoxy) is 1. The van der Waals surface area contributed by atoms with Gasteiger partial charge in [-0.25, -0.2) is 9.37 Å². The molecule has 0 radical (unpaired) electrons. The van der Waals surface area contributed by atoms with Crippen molar-refractivity contribution in [3.63, 3.8) is 0 Å². The van der Waals surface area contributed by atoms with E-state index in [1.54, 1.807) is 47.2 Å². The van der Waals surface area contributed by atoms with Gasteiger partial charge in [-0.05, 0) is 55.3 Å². The first-order valence-corrected chi connectivity index (χ1v) is 13.2. The van der Waals surface area contributed by atoms with Crippen molar-refractivity contribution in [1.82, 2.24) is 14.5 Å². The molecule has 4 aromatic rings. The van der Waals surface area contributed by atoms with E-state index in [2.05, 4.69) is 10.3 Å². The van der Waals surface area contributed by atoms with E-state index < -0.39 is 17.6 Å². The molecule has 0 spiro atoms. The highest BCUT2D eigenvalue weighted by atomic mass is 35.5. The second-order valence-corrected chi connectivity index (χ2v) is 10.0. The van der Waals surface area contributed by atoms with Crippen molar-refractivity contribution < 1.29 is 18.7 Å². The number of imidazole rings is 1. The van der Waals surface area contributed by atoms with Crippen LogP contribution in [0.3, 0.4) is 0 Å². The SMILES string of the molecule is O=C(CN(C[C@H]1CCCO1)C(=O)c1ccccc1F)Nc1nc(-c2ccc(Cl)cc2)cn1-c1cccc(Cl)c1. The summed E-state index contributed by atoms with van der Waals surface area (Å²) in [5.41, 5.74) is 1.98. The van der Waals surface area contributed by atoms with Crippen LogP contribution in [-0.2, 0) is 9.53 Å². The molecule has 1 atom stereocenters. The Morgan fingerprint density at radius 2 is 1.85 bits per heavy atom. The lowest BCUT2D eigenvalue weighted by atomic mass is 10.1. The minimum atomic E-state index is -0.649. The van der Waals surface area contributed by atoms with Crippen molar-refractivity contribution in [1.29, 1.82) is 0 Å². The number of halogens is 3. The van der Waals surface area contributed by atoms with Crippen LogP contribution in [-0.4, -0.2) is 52.1 Å². The molecule has 0 bridgehead atoms. The maximum absolute atomic E-state index is 14.4. The number of carbonyl (C=O) groups is 2. The third kappa shape index (κ3) is 6.47. The largest absolute Gasteiger partial charge is 0.376 e. The van der Waals surface area contributed by atoms with Gasteiger partial charge in [-0.1, -0.05) is 53.5 Å². The van der Waals surface area contributed by atoms with Crippen molar-refractivity contribution in [3.8, 4) is 16.9 Å². The first-order chi connectivity index (χ1) is 18.9. The fourth-order valence-corrected chi connectivity index (χ4v) is 4.76. The fourth-order valence-electron chi connectivity index (χ4n) is 4.45. The number of benzene rings is 3. The van der Waals surface area contributed by atoms with Gasteiger partial charge in [0.15, 0.2) is 0 Å². The average Bonchev–Trinajstić information content (AvgIpc) is 3.59. The summed E-state index contributed by atoms with van der Waals surface area (Å²) in [6, 6.07) is 20.0. The maximum atomic E-state index is 14.4. The first-order valence-electron chi connectivity index (χ1n) is 12.4. The summed E-state index contributed by atoms with van der Waals surface area (Å²) < 4.78 is 21.8. The van der Waals surface area contributed by atoms with Crippen LogP contribution in [0.2, 0.25) is 10.0 Å². The van der Waals surface area contributed by atoms with Gasteiger partial charge >= 0.3 is 0 Å². The predicted molar refractivity (Wildman–Crippen MR) is 149 cm³/mol. The number of amides is 2. The lowest BCUT2D eigenvalue weighted by Gasteiger charge is -2.25. The van der Waals surface area contributed by atoms with E-state index >= 15 is 0 Å². The van der Waals surface area contributed by atoms with Crippen LogP contribution in [0.1, 0.15) is 23.2 Å². The van der Waals surface area contributed by atoms with E-state index in [4.69, 9.17) is 27.9 Å². The van der Waals surface area contributed by atoms with E-state index in [-0.39, 0.29) is 30.7 Å². The number of rotatable bonds is 8. The van der Waals surface area contributed by atoms with Gasteiger partial charge in [0, 0.05) is 40.6 Å². The molecule has 0 unspecified atom stereocenters. The zero-order chi connectivity index (χ0) is 27.4. The predicted octanol–water partition coefficient (Wildman–Crippen LogP) is 6.25. The third-order valence-corrected chi connectivity index (χ3v) is 6.84. The molecule has 2 heterocycles. The lowest BCUT2D eigenvalue weighted by molar-refractivity contribution is -0.117. The molecule has 1 aliphatic rings. The van der Waals surface area contributed by atoms with Gasteiger partial charge in [0.2, 0.25) is 11.9 Å². The Bertz CT molecular complexity index is 1490. The Balaban J connectivity index is 1.43. The van der Waals surface area contributed by atoms with E-state index in [1.807, 2.05) is 18.2 Å². The van der Waals surface area contributed by atoms with Crippen LogP contribution >= 0.6 is 23.2 Å². The molecule has 0 saturated carbocycles. The second-order valence-electron chi connectivity index (χ2n) is 9.16. The van der Waals surface area contributed by atoms with Crippen LogP contribution in [0.15, 0.2) is 79.0 Å².